The Hall–Kier alpha value is -4.35. The van der Waals surface area contributed by atoms with Crippen LogP contribution in [0.1, 0.15) is 47.2 Å². The first kappa shape index (κ1) is 27.2. The van der Waals surface area contributed by atoms with Gasteiger partial charge in [-0.1, -0.05) is 0 Å². The highest BCUT2D eigenvalue weighted by Gasteiger charge is 2.36. The third-order valence-electron chi connectivity index (χ3n) is 7.44. The number of nitrogen functional groups attached to an aromatic ring is 1. The number of rotatable bonds is 7. The molecule has 40 heavy (non-hydrogen) atoms. The van der Waals surface area contributed by atoms with Crippen molar-refractivity contribution in [2.45, 2.75) is 44.3 Å². The number of ether oxygens (including phenoxy) is 1. The fourth-order valence-corrected chi connectivity index (χ4v) is 5.39. The maximum absolute atomic E-state index is 13.0. The topological polar surface area (TPSA) is 122 Å². The van der Waals surface area contributed by atoms with E-state index in [0.29, 0.717) is 41.8 Å². The fourth-order valence-electron chi connectivity index (χ4n) is 5.39. The summed E-state index contributed by atoms with van der Waals surface area (Å²) in [6, 6.07) is 8.45. The summed E-state index contributed by atoms with van der Waals surface area (Å²) in [7, 11) is 1.44. The molecule has 4 N–H and O–H groups in total. The average Bonchev–Trinajstić information content (AvgIpc) is 3.30. The highest BCUT2D eigenvalue weighted by molar-refractivity contribution is 6.04. The van der Waals surface area contributed by atoms with Crippen LogP contribution in [-0.2, 0) is 17.4 Å². The number of hydrogen-bond acceptors (Lipinski definition) is 7. The number of nitrogens with two attached hydrogens (primary N) is 1. The molecule has 2 atom stereocenters. The molecule has 4 heterocycles. The number of pyridine rings is 2. The zero-order valence-corrected chi connectivity index (χ0v) is 21.8. The lowest BCUT2D eigenvalue weighted by molar-refractivity contribution is -0.137. The Morgan fingerprint density at radius 1 is 1.12 bits per heavy atom. The molecule has 2 amide bonds. The maximum atomic E-state index is 13.0. The third-order valence-corrected chi connectivity index (χ3v) is 7.44. The monoisotopic (exact) mass is 554 g/mol. The van der Waals surface area contributed by atoms with Crippen LogP contribution < -0.4 is 21.1 Å². The largest absolute Gasteiger partial charge is 0.495 e. The van der Waals surface area contributed by atoms with E-state index in [-0.39, 0.29) is 23.2 Å². The Labute approximate surface area is 228 Å². The van der Waals surface area contributed by atoms with Crippen molar-refractivity contribution in [1.82, 2.24) is 14.9 Å². The molecule has 2 saturated heterocycles. The van der Waals surface area contributed by atoms with Gasteiger partial charge >= 0.3 is 6.18 Å². The van der Waals surface area contributed by atoms with E-state index in [0.717, 1.165) is 49.7 Å². The van der Waals surface area contributed by atoms with Crippen LogP contribution in [0.25, 0.3) is 0 Å². The van der Waals surface area contributed by atoms with E-state index in [4.69, 9.17) is 10.5 Å². The number of carbonyl (C=O) groups excluding carboxylic acids is 2. The summed E-state index contributed by atoms with van der Waals surface area (Å²) >= 11 is 0. The lowest BCUT2D eigenvalue weighted by Crippen LogP contribution is -2.42. The molecule has 1 aromatic carbocycles. The molecule has 0 saturated carbocycles. The highest BCUT2D eigenvalue weighted by Crippen LogP contribution is 2.37. The van der Waals surface area contributed by atoms with Gasteiger partial charge in [-0.05, 0) is 73.6 Å². The molecular weight excluding hydrogens is 525 g/mol. The molecule has 2 aromatic heterocycles. The van der Waals surface area contributed by atoms with E-state index in [2.05, 4.69) is 20.6 Å². The smallest absolute Gasteiger partial charge is 0.416 e. The summed E-state index contributed by atoms with van der Waals surface area (Å²) in [6.07, 6.45) is 2.35. The molecule has 2 aliphatic rings. The van der Waals surface area contributed by atoms with Crippen molar-refractivity contribution in [2.24, 2.45) is 5.92 Å². The first-order valence-electron chi connectivity index (χ1n) is 12.9. The SMILES string of the molecule is COc1cc(C(=O)Nc2cc(C(F)(F)F)ccn2)ccc1Nc1c(C[C@@H]2CC[C@H]3CCC(=O)N3C2)ccnc1N. The fraction of sp³-hybridized carbons (Fsp3) is 0.357. The maximum Gasteiger partial charge on any atom is 0.416 e. The molecule has 0 spiro atoms. The number of benzene rings is 1. The van der Waals surface area contributed by atoms with Gasteiger partial charge in [-0.3, -0.25) is 9.59 Å². The minimum atomic E-state index is -4.56. The van der Waals surface area contributed by atoms with E-state index < -0.39 is 17.6 Å². The molecule has 0 radical (unpaired) electrons. The predicted molar refractivity (Wildman–Crippen MR) is 143 cm³/mol. The van der Waals surface area contributed by atoms with Gasteiger partial charge in [-0.15, -0.1) is 0 Å². The van der Waals surface area contributed by atoms with E-state index >= 15 is 0 Å². The number of halogens is 3. The number of fused-ring (bicyclic) bond motifs is 1. The van der Waals surface area contributed by atoms with Crippen LogP contribution >= 0.6 is 0 Å². The molecule has 0 aliphatic carbocycles. The first-order valence-corrected chi connectivity index (χ1v) is 12.9. The van der Waals surface area contributed by atoms with Crippen LogP contribution in [0.15, 0.2) is 48.8 Å². The second-order valence-electron chi connectivity index (χ2n) is 10.0. The summed E-state index contributed by atoms with van der Waals surface area (Å²) < 4.78 is 44.5. The predicted octanol–water partition coefficient (Wildman–Crippen LogP) is 5.03. The summed E-state index contributed by atoms with van der Waals surface area (Å²) in [5, 5.41) is 5.67. The van der Waals surface area contributed by atoms with Crippen molar-refractivity contribution >= 4 is 34.8 Å². The Morgan fingerprint density at radius 3 is 2.70 bits per heavy atom. The summed E-state index contributed by atoms with van der Waals surface area (Å²) in [5.41, 5.74) is 7.58. The van der Waals surface area contributed by atoms with Crippen molar-refractivity contribution < 1.29 is 27.5 Å². The minimum absolute atomic E-state index is 0.160. The molecule has 210 valence electrons. The number of piperidine rings is 1. The van der Waals surface area contributed by atoms with E-state index in [9.17, 15) is 22.8 Å². The van der Waals surface area contributed by atoms with Gasteiger partial charge in [0.1, 0.15) is 17.4 Å². The van der Waals surface area contributed by atoms with E-state index in [1.165, 1.54) is 19.2 Å². The molecule has 2 aliphatic heterocycles. The molecule has 0 bridgehead atoms. The first-order chi connectivity index (χ1) is 19.1. The van der Waals surface area contributed by atoms with Crippen LogP contribution in [0.3, 0.4) is 0 Å². The Kier molecular flexibility index (Phi) is 7.51. The number of carbonyl (C=O) groups is 2. The van der Waals surface area contributed by atoms with Crippen LogP contribution in [0.4, 0.5) is 36.2 Å². The van der Waals surface area contributed by atoms with Crippen molar-refractivity contribution in [2.75, 3.05) is 30.0 Å². The van der Waals surface area contributed by atoms with Gasteiger partial charge in [0.2, 0.25) is 5.91 Å². The number of hydrogen-bond donors (Lipinski definition) is 3. The number of anilines is 4. The molecule has 0 unspecified atom stereocenters. The quantitative estimate of drug-likeness (QED) is 0.375. The highest BCUT2D eigenvalue weighted by atomic mass is 19.4. The third kappa shape index (κ3) is 5.80. The van der Waals surface area contributed by atoms with Gasteiger partial charge in [0.25, 0.3) is 5.91 Å². The number of amides is 2. The van der Waals surface area contributed by atoms with Crippen molar-refractivity contribution in [3.8, 4) is 5.75 Å². The van der Waals surface area contributed by atoms with Crippen LogP contribution in [0, 0.1) is 5.92 Å². The second kappa shape index (κ2) is 11.0. The zero-order valence-electron chi connectivity index (χ0n) is 21.8. The molecule has 3 aromatic rings. The molecule has 9 nitrogen and oxygen atoms in total. The molecular formula is C28H29F3N6O3. The van der Waals surface area contributed by atoms with Gasteiger partial charge < -0.3 is 26.0 Å². The van der Waals surface area contributed by atoms with E-state index in [1.54, 1.807) is 12.3 Å². The summed E-state index contributed by atoms with van der Waals surface area (Å²) in [5.74, 6) is 0.256. The van der Waals surface area contributed by atoms with E-state index in [1.807, 2.05) is 11.0 Å². The Balaban J connectivity index is 1.32. The van der Waals surface area contributed by atoms with Gasteiger partial charge in [0.05, 0.1) is 24.0 Å². The lowest BCUT2D eigenvalue weighted by Gasteiger charge is -2.35. The van der Waals surface area contributed by atoms with Crippen LogP contribution in [0.5, 0.6) is 5.75 Å². The molecule has 5 rings (SSSR count). The Morgan fingerprint density at radius 2 is 1.93 bits per heavy atom. The standard InChI is InChI=1S/C28H29F3N6O3/c1-40-22-13-18(27(39)36-23-14-19(9-11-33-23)28(29,30)31)3-6-21(22)35-25-17(8-10-34-26(25)32)12-16-2-4-20-5-7-24(38)37(20)15-16/h3,6,8-11,13-14,16,20,35H,2,4-5,7,12,15H2,1H3,(H2,32,34)(H,33,36,39)/t16-,20-/m0/s1. The van der Waals surface area contributed by atoms with Gasteiger partial charge in [0, 0.05) is 37.0 Å². The van der Waals surface area contributed by atoms with Crippen molar-refractivity contribution in [3.05, 3.63) is 65.5 Å². The van der Waals surface area contributed by atoms with Gasteiger partial charge in [0.15, 0.2) is 0 Å². The minimum Gasteiger partial charge on any atom is -0.495 e. The summed E-state index contributed by atoms with van der Waals surface area (Å²) in [6.45, 7) is 0.721. The summed E-state index contributed by atoms with van der Waals surface area (Å²) in [4.78, 5) is 35.1. The second-order valence-corrected chi connectivity index (χ2v) is 10.0. The lowest BCUT2D eigenvalue weighted by atomic mass is 9.88. The number of methoxy groups -OCH3 is 1. The zero-order chi connectivity index (χ0) is 28.4. The normalized spacial score (nSPS) is 18.8. The van der Waals surface area contributed by atoms with Crippen molar-refractivity contribution in [3.63, 3.8) is 0 Å². The van der Waals surface area contributed by atoms with Gasteiger partial charge in [-0.2, -0.15) is 13.2 Å². The Bertz CT molecular complexity index is 1430. The van der Waals surface area contributed by atoms with Gasteiger partial charge in [-0.25, -0.2) is 9.97 Å². The number of nitrogens with one attached hydrogen (secondary N) is 2. The molecule has 12 heteroatoms. The number of aromatic nitrogens is 2. The average molecular weight is 555 g/mol. The number of nitrogens with zero attached hydrogens (tertiary/aromatic N) is 3. The molecule has 2 fully saturated rings. The number of alkyl halides is 3. The van der Waals surface area contributed by atoms with Crippen LogP contribution in [0.2, 0.25) is 0 Å². The van der Waals surface area contributed by atoms with Crippen molar-refractivity contribution in [1.29, 1.82) is 0 Å². The van der Waals surface area contributed by atoms with Crippen LogP contribution in [-0.4, -0.2) is 46.4 Å².